The van der Waals surface area contributed by atoms with E-state index >= 15 is 0 Å². The van der Waals surface area contributed by atoms with Crippen molar-refractivity contribution in [3.05, 3.63) is 54.3 Å². The summed E-state index contributed by atoms with van der Waals surface area (Å²) in [5.74, 6) is 0.0653. The number of carbonyl (C=O) groups excluding carboxylic acids is 1. The monoisotopic (exact) mass is 344 g/mol. The smallest absolute Gasteiger partial charge is 0.243 e. The molecule has 2 N–H and O–H groups in total. The molecule has 0 unspecified atom stereocenters. The Morgan fingerprint density at radius 3 is 2.52 bits per heavy atom. The van der Waals surface area contributed by atoms with Crippen LogP contribution in [0.15, 0.2) is 48.5 Å². The number of anilines is 2. The van der Waals surface area contributed by atoms with Gasteiger partial charge in [-0.15, -0.1) is 0 Å². The fourth-order valence-electron chi connectivity index (χ4n) is 2.33. The molecule has 25 heavy (non-hydrogen) atoms. The maximum Gasteiger partial charge on any atom is 0.243 e. The van der Waals surface area contributed by atoms with Crippen molar-refractivity contribution in [1.82, 2.24) is 0 Å². The van der Waals surface area contributed by atoms with E-state index in [4.69, 9.17) is 4.74 Å². The highest BCUT2D eigenvalue weighted by molar-refractivity contribution is 5.93. The van der Waals surface area contributed by atoms with E-state index in [9.17, 15) is 9.18 Å². The van der Waals surface area contributed by atoms with E-state index in [0.29, 0.717) is 0 Å². The van der Waals surface area contributed by atoms with E-state index in [0.717, 1.165) is 24.5 Å². The van der Waals surface area contributed by atoms with Crippen molar-refractivity contribution in [1.29, 1.82) is 0 Å². The van der Waals surface area contributed by atoms with Crippen LogP contribution >= 0.6 is 0 Å². The molecule has 0 saturated carbocycles. The van der Waals surface area contributed by atoms with Crippen molar-refractivity contribution in [2.75, 3.05) is 23.8 Å². The Balaban J connectivity index is 1.72. The second kappa shape index (κ2) is 10.3. The molecule has 2 aromatic rings. The predicted octanol–water partition coefficient (Wildman–Crippen LogP) is 4.84. The van der Waals surface area contributed by atoms with E-state index in [-0.39, 0.29) is 18.1 Å². The second-order valence-corrected chi connectivity index (χ2v) is 5.82. The molecule has 0 spiro atoms. The minimum atomic E-state index is -0.448. The highest BCUT2D eigenvalue weighted by Gasteiger charge is 2.06. The van der Waals surface area contributed by atoms with Gasteiger partial charge in [-0.1, -0.05) is 38.3 Å². The molecule has 0 fully saturated rings. The number of rotatable bonds is 10. The SMILES string of the molecule is CCCCCCOc1ccc(NCC(=O)Nc2ccccc2F)cc1. The topological polar surface area (TPSA) is 50.4 Å². The molecule has 0 aliphatic rings. The zero-order chi connectivity index (χ0) is 17.9. The summed E-state index contributed by atoms with van der Waals surface area (Å²) in [6, 6.07) is 13.6. The fourth-order valence-corrected chi connectivity index (χ4v) is 2.33. The first-order chi connectivity index (χ1) is 12.2. The number of halogens is 1. The molecular formula is C20H25FN2O2. The molecule has 0 radical (unpaired) electrons. The van der Waals surface area contributed by atoms with Gasteiger partial charge < -0.3 is 15.4 Å². The number of hydrogen-bond donors (Lipinski definition) is 2. The van der Waals surface area contributed by atoms with Crippen LogP contribution in [0.5, 0.6) is 5.75 Å². The van der Waals surface area contributed by atoms with Gasteiger partial charge in [0.2, 0.25) is 5.91 Å². The summed E-state index contributed by atoms with van der Waals surface area (Å²) in [5, 5.41) is 5.54. The lowest BCUT2D eigenvalue weighted by Gasteiger charge is -2.10. The Morgan fingerprint density at radius 2 is 1.80 bits per heavy atom. The number of ether oxygens (including phenoxy) is 1. The number of nitrogens with one attached hydrogen (secondary N) is 2. The van der Waals surface area contributed by atoms with Gasteiger partial charge in [0.15, 0.2) is 0 Å². The molecule has 0 heterocycles. The molecule has 2 rings (SSSR count). The minimum absolute atomic E-state index is 0.0611. The number of unbranched alkanes of at least 4 members (excludes halogenated alkanes) is 3. The summed E-state index contributed by atoms with van der Waals surface area (Å²) in [6.07, 6.45) is 4.70. The first kappa shape index (κ1) is 18.8. The lowest BCUT2D eigenvalue weighted by Crippen LogP contribution is -2.22. The summed E-state index contributed by atoms with van der Waals surface area (Å²) < 4.78 is 19.2. The quantitative estimate of drug-likeness (QED) is 0.607. The standard InChI is InChI=1S/C20H25FN2O2/c1-2-3-4-7-14-25-17-12-10-16(11-13-17)22-15-20(24)23-19-9-6-5-8-18(19)21/h5-6,8-13,22H,2-4,7,14-15H2,1H3,(H,23,24). The Labute approximate surface area is 148 Å². The zero-order valence-electron chi connectivity index (χ0n) is 14.6. The van der Waals surface area contributed by atoms with Crippen LogP contribution in [0.2, 0.25) is 0 Å². The molecule has 5 heteroatoms. The third-order valence-electron chi connectivity index (χ3n) is 3.72. The van der Waals surface area contributed by atoms with Crippen molar-refractivity contribution < 1.29 is 13.9 Å². The molecular weight excluding hydrogens is 319 g/mol. The molecule has 2 aromatic carbocycles. The van der Waals surface area contributed by atoms with Crippen LogP contribution in [0.3, 0.4) is 0 Å². The van der Waals surface area contributed by atoms with Crippen molar-refractivity contribution in [2.45, 2.75) is 32.6 Å². The van der Waals surface area contributed by atoms with Crippen LogP contribution < -0.4 is 15.4 Å². The molecule has 0 aliphatic carbocycles. The number of benzene rings is 2. The predicted molar refractivity (Wildman–Crippen MR) is 99.6 cm³/mol. The Hall–Kier alpha value is -2.56. The van der Waals surface area contributed by atoms with E-state index in [1.54, 1.807) is 12.1 Å². The molecule has 0 bridgehead atoms. The van der Waals surface area contributed by atoms with Gasteiger partial charge >= 0.3 is 0 Å². The molecule has 134 valence electrons. The maximum atomic E-state index is 13.5. The molecule has 0 aliphatic heterocycles. The summed E-state index contributed by atoms with van der Waals surface area (Å²) in [5.41, 5.74) is 0.989. The van der Waals surface area contributed by atoms with Gasteiger partial charge in [-0.25, -0.2) is 4.39 Å². The molecule has 0 atom stereocenters. The molecule has 4 nitrogen and oxygen atoms in total. The minimum Gasteiger partial charge on any atom is -0.494 e. The Bertz CT molecular complexity index is 659. The van der Waals surface area contributed by atoms with Crippen molar-refractivity contribution in [2.24, 2.45) is 0 Å². The van der Waals surface area contributed by atoms with Crippen molar-refractivity contribution in [3.63, 3.8) is 0 Å². The summed E-state index contributed by atoms with van der Waals surface area (Å²) in [6.45, 7) is 2.96. The van der Waals surface area contributed by atoms with Gasteiger partial charge in [-0.2, -0.15) is 0 Å². The molecule has 0 saturated heterocycles. The molecule has 0 aromatic heterocycles. The lowest BCUT2D eigenvalue weighted by molar-refractivity contribution is -0.114. The van der Waals surface area contributed by atoms with Gasteiger partial charge in [0.1, 0.15) is 11.6 Å². The van der Waals surface area contributed by atoms with Crippen molar-refractivity contribution >= 4 is 17.3 Å². The number of para-hydroxylation sites is 1. The zero-order valence-corrected chi connectivity index (χ0v) is 14.6. The summed E-state index contributed by atoms with van der Waals surface area (Å²) in [7, 11) is 0. The maximum absolute atomic E-state index is 13.5. The number of carbonyl (C=O) groups is 1. The van der Waals surface area contributed by atoms with Crippen molar-refractivity contribution in [3.8, 4) is 5.75 Å². The average Bonchev–Trinajstić information content (AvgIpc) is 2.63. The lowest BCUT2D eigenvalue weighted by atomic mass is 10.2. The molecule has 1 amide bonds. The van der Waals surface area contributed by atoms with Gasteiger partial charge in [0, 0.05) is 5.69 Å². The average molecular weight is 344 g/mol. The number of amides is 1. The van der Waals surface area contributed by atoms with E-state index in [2.05, 4.69) is 17.6 Å². The fraction of sp³-hybridized carbons (Fsp3) is 0.350. The highest BCUT2D eigenvalue weighted by atomic mass is 19.1. The Kier molecular flexibility index (Phi) is 7.76. The first-order valence-electron chi connectivity index (χ1n) is 8.70. The normalized spacial score (nSPS) is 10.3. The third kappa shape index (κ3) is 6.83. The van der Waals surface area contributed by atoms with Crippen LogP contribution in [0.1, 0.15) is 32.6 Å². The first-order valence-corrected chi connectivity index (χ1v) is 8.70. The van der Waals surface area contributed by atoms with Crippen LogP contribution in [0.4, 0.5) is 15.8 Å². The summed E-state index contributed by atoms with van der Waals surface area (Å²) in [4.78, 5) is 11.9. The van der Waals surface area contributed by atoms with Crippen LogP contribution in [-0.2, 0) is 4.79 Å². The van der Waals surface area contributed by atoms with Gasteiger partial charge in [-0.3, -0.25) is 4.79 Å². The van der Waals surface area contributed by atoms with Gasteiger partial charge in [0.05, 0.1) is 18.8 Å². The van der Waals surface area contributed by atoms with E-state index < -0.39 is 5.82 Å². The second-order valence-electron chi connectivity index (χ2n) is 5.82. The highest BCUT2D eigenvalue weighted by Crippen LogP contribution is 2.16. The summed E-state index contributed by atoms with van der Waals surface area (Å²) >= 11 is 0. The van der Waals surface area contributed by atoms with Crippen LogP contribution in [0, 0.1) is 5.82 Å². The van der Waals surface area contributed by atoms with Crippen LogP contribution in [-0.4, -0.2) is 19.1 Å². The third-order valence-corrected chi connectivity index (χ3v) is 3.72. The number of hydrogen-bond acceptors (Lipinski definition) is 3. The van der Waals surface area contributed by atoms with Crippen LogP contribution in [0.25, 0.3) is 0 Å². The van der Waals surface area contributed by atoms with Gasteiger partial charge in [0.25, 0.3) is 0 Å². The van der Waals surface area contributed by atoms with E-state index in [1.165, 1.54) is 31.4 Å². The van der Waals surface area contributed by atoms with E-state index in [1.807, 2.05) is 24.3 Å². The van der Waals surface area contributed by atoms with Gasteiger partial charge in [-0.05, 0) is 42.8 Å². The Morgan fingerprint density at radius 1 is 1.04 bits per heavy atom. The largest absolute Gasteiger partial charge is 0.494 e.